The molecule has 1 heterocycles. The smallest absolute Gasteiger partial charge is 0.270 e. The Bertz CT molecular complexity index is 829. The molecule has 1 amide bonds. The van der Waals surface area contributed by atoms with Crippen LogP contribution in [0, 0.1) is 21.4 Å². The third kappa shape index (κ3) is 2.94. The van der Waals surface area contributed by atoms with Crippen molar-refractivity contribution >= 4 is 17.7 Å². The number of nitriles is 1. The van der Waals surface area contributed by atoms with Crippen LogP contribution in [0.4, 0.5) is 5.69 Å². The fraction of sp³-hybridized carbons (Fsp3) is 0. The maximum absolute atomic E-state index is 11.0. The number of hydrogen-bond acceptors (Lipinski definition) is 6. The van der Waals surface area contributed by atoms with Crippen LogP contribution in [-0.2, 0) is 4.79 Å². The van der Waals surface area contributed by atoms with Gasteiger partial charge in [-0.3, -0.25) is 14.9 Å². The minimum Gasteiger partial charge on any atom is -0.507 e. The highest BCUT2D eigenvalue weighted by Crippen LogP contribution is 2.33. The number of carbonyl (C=O) groups is 1. The number of nitrogens with two attached hydrogens (primary N) is 1. The number of primary amides is 1. The molecule has 0 aliphatic rings. The van der Waals surface area contributed by atoms with Crippen molar-refractivity contribution in [1.82, 2.24) is 0 Å². The highest BCUT2D eigenvalue weighted by atomic mass is 16.6. The Labute approximate surface area is 123 Å². The number of aromatic hydroxyl groups is 1. The molecule has 110 valence electrons. The molecule has 0 aliphatic carbocycles. The first-order chi connectivity index (χ1) is 10.4. The maximum atomic E-state index is 11.0. The van der Waals surface area contributed by atoms with Gasteiger partial charge in [0, 0.05) is 18.2 Å². The number of benzene rings is 1. The Morgan fingerprint density at radius 1 is 1.41 bits per heavy atom. The van der Waals surface area contributed by atoms with Gasteiger partial charge in [0.05, 0.1) is 10.5 Å². The van der Waals surface area contributed by atoms with Gasteiger partial charge in [0.2, 0.25) is 0 Å². The molecule has 0 spiro atoms. The number of rotatable bonds is 4. The summed E-state index contributed by atoms with van der Waals surface area (Å²) in [5.41, 5.74) is 4.61. The molecule has 0 aliphatic heterocycles. The second-order valence-corrected chi connectivity index (χ2v) is 4.19. The van der Waals surface area contributed by atoms with Crippen LogP contribution in [0.5, 0.6) is 5.75 Å². The number of carbonyl (C=O) groups excluding carboxylic acids is 1. The van der Waals surface area contributed by atoms with E-state index in [0.717, 1.165) is 18.2 Å². The lowest BCUT2D eigenvalue weighted by atomic mass is 10.1. The number of nitro benzene ring substituents is 1. The molecule has 0 unspecified atom stereocenters. The second kappa shape index (κ2) is 5.80. The van der Waals surface area contributed by atoms with Crippen LogP contribution in [0.1, 0.15) is 5.76 Å². The third-order valence-electron chi connectivity index (χ3n) is 2.76. The van der Waals surface area contributed by atoms with Crippen LogP contribution in [0.3, 0.4) is 0 Å². The lowest BCUT2D eigenvalue weighted by molar-refractivity contribution is -0.384. The molecule has 0 bridgehead atoms. The monoisotopic (exact) mass is 299 g/mol. The van der Waals surface area contributed by atoms with Gasteiger partial charge in [0.15, 0.2) is 0 Å². The quantitative estimate of drug-likeness (QED) is 0.382. The molecular weight excluding hydrogens is 290 g/mol. The Hall–Kier alpha value is -3.60. The van der Waals surface area contributed by atoms with Crippen LogP contribution in [-0.4, -0.2) is 15.9 Å². The summed E-state index contributed by atoms with van der Waals surface area (Å²) in [6, 6.07) is 7.99. The summed E-state index contributed by atoms with van der Waals surface area (Å²) >= 11 is 0. The molecule has 8 nitrogen and oxygen atoms in total. The van der Waals surface area contributed by atoms with E-state index in [0.29, 0.717) is 0 Å². The van der Waals surface area contributed by atoms with Gasteiger partial charge in [0.1, 0.15) is 28.9 Å². The van der Waals surface area contributed by atoms with Crippen molar-refractivity contribution in [1.29, 1.82) is 5.26 Å². The topological polar surface area (TPSA) is 143 Å². The Kier molecular flexibility index (Phi) is 3.90. The SMILES string of the molecule is N#CC(=Cc1ccc(-c2cc([N+](=O)[O-])ccc2O)o1)C(N)=O. The molecule has 1 aromatic heterocycles. The number of nitro groups is 1. The summed E-state index contributed by atoms with van der Waals surface area (Å²) in [6.07, 6.45) is 1.14. The Morgan fingerprint density at radius 2 is 2.14 bits per heavy atom. The fourth-order valence-corrected chi connectivity index (χ4v) is 1.71. The normalized spacial score (nSPS) is 11.0. The van der Waals surface area contributed by atoms with Crippen molar-refractivity contribution in [2.75, 3.05) is 0 Å². The van der Waals surface area contributed by atoms with Crippen LogP contribution in [0.25, 0.3) is 17.4 Å². The first-order valence-corrected chi connectivity index (χ1v) is 5.91. The largest absolute Gasteiger partial charge is 0.507 e. The molecule has 1 aromatic carbocycles. The highest BCUT2D eigenvalue weighted by Gasteiger charge is 2.15. The Balaban J connectivity index is 2.45. The third-order valence-corrected chi connectivity index (χ3v) is 2.76. The van der Waals surface area contributed by atoms with Crippen molar-refractivity contribution in [3.05, 3.63) is 51.8 Å². The summed E-state index contributed by atoms with van der Waals surface area (Å²) in [5, 5.41) is 29.3. The molecular formula is C14H9N3O5. The fourth-order valence-electron chi connectivity index (χ4n) is 1.71. The second-order valence-electron chi connectivity index (χ2n) is 4.19. The van der Waals surface area contributed by atoms with E-state index in [1.807, 2.05) is 0 Å². The molecule has 0 fully saturated rings. The van der Waals surface area contributed by atoms with Gasteiger partial charge in [0.25, 0.3) is 11.6 Å². The Morgan fingerprint density at radius 3 is 2.73 bits per heavy atom. The lowest BCUT2D eigenvalue weighted by Crippen LogP contribution is -2.12. The standard InChI is InChI=1S/C14H9N3O5/c15-7-8(14(16)19)5-10-2-4-13(22-10)11-6-9(17(20)21)1-3-12(11)18/h1-6,18H,(H2,16,19). The summed E-state index contributed by atoms with van der Waals surface area (Å²) in [4.78, 5) is 21.1. The van der Waals surface area contributed by atoms with Gasteiger partial charge in [-0.05, 0) is 18.2 Å². The summed E-state index contributed by atoms with van der Waals surface area (Å²) in [7, 11) is 0. The molecule has 2 aromatic rings. The minimum atomic E-state index is -0.904. The zero-order valence-corrected chi connectivity index (χ0v) is 11.0. The number of phenols is 1. The van der Waals surface area contributed by atoms with E-state index in [1.54, 1.807) is 6.07 Å². The molecule has 3 N–H and O–H groups in total. The first-order valence-electron chi connectivity index (χ1n) is 5.91. The van der Waals surface area contributed by atoms with Crippen LogP contribution in [0.15, 0.2) is 40.3 Å². The number of amides is 1. The number of furan rings is 1. The van der Waals surface area contributed by atoms with Crippen molar-refractivity contribution < 1.29 is 19.2 Å². The van der Waals surface area contributed by atoms with E-state index in [-0.39, 0.29) is 34.1 Å². The molecule has 0 radical (unpaired) electrons. The van der Waals surface area contributed by atoms with Crippen molar-refractivity contribution in [2.45, 2.75) is 0 Å². The lowest BCUT2D eigenvalue weighted by Gasteiger charge is -2.01. The molecule has 0 atom stereocenters. The van der Waals surface area contributed by atoms with Gasteiger partial charge in [-0.25, -0.2) is 0 Å². The minimum absolute atomic E-state index is 0.117. The highest BCUT2D eigenvalue weighted by molar-refractivity contribution is 6.00. The van der Waals surface area contributed by atoms with Crippen molar-refractivity contribution in [2.24, 2.45) is 5.73 Å². The van der Waals surface area contributed by atoms with Gasteiger partial charge in [-0.1, -0.05) is 0 Å². The number of phenolic OH excluding ortho intramolecular Hbond substituents is 1. The summed E-state index contributed by atoms with van der Waals surface area (Å²) in [5.74, 6) is -0.810. The van der Waals surface area contributed by atoms with Gasteiger partial charge in [-0.2, -0.15) is 5.26 Å². The number of nitrogens with zero attached hydrogens (tertiary/aromatic N) is 2. The zero-order valence-electron chi connectivity index (χ0n) is 11.0. The molecule has 22 heavy (non-hydrogen) atoms. The summed E-state index contributed by atoms with van der Waals surface area (Å²) in [6.45, 7) is 0. The van der Waals surface area contributed by atoms with Crippen molar-refractivity contribution in [3.63, 3.8) is 0 Å². The first kappa shape index (κ1) is 14.8. The summed E-state index contributed by atoms with van der Waals surface area (Å²) < 4.78 is 5.35. The predicted octanol–water partition coefficient (Wildman–Crippen LogP) is 1.95. The van der Waals surface area contributed by atoms with Crippen molar-refractivity contribution in [3.8, 4) is 23.1 Å². The van der Waals surface area contributed by atoms with Crippen LogP contribution < -0.4 is 5.73 Å². The average Bonchev–Trinajstić information content (AvgIpc) is 2.93. The maximum Gasteiger partial charge on any atom is 0.270 e. The van der Waals surface area contributed by atoms with E-state index >= 15 is 0 Å². The molecule has 2 rings (SSSR count). The van der Waals surface area contributed by atoms with Crippen LogP contribution >= 0.6 is 0 Å². The number of non-ortho nitro benzene ring substituents is 1. The van der Waals surface area contributed by atoms with E-state index in [4.69, 9.17) is 15.4 Å². The van der Waals surface area contributed by atoms with Gasteiger partial charge < -0.3 is 15.3 Å². The van der Waals surface area contributed by atoms with Gasteiger partial charge >= 0.3 is 0 Å². The zero-order chi connectivity index (χ0) is 16.3. The predicted molar refractivity (Wildman–Crippen MR) is 75.2 cm³/mol. The van der Waals surface area contributed by atoms with Gasteiger partial charge in [-0.15, -0.1) is 0 Å². The molecule has 8 heteroatoms. The van der Waals surface area contributed by atoms with E-state index < -0.39 is 10.8 Å². The van der Waals surface area contributed by atoms with E-state index in [1.165, 1.54) is 18.2 Å². The average molecular weight is 299 g/mol. The molecule has 0 saturated carbocycles. The molecule has 0 saturated heterocycles. The number of hydrogen-bond donors (Lipinski definition) is 2. The van der Waals surface area contributed by atoms with E-state index in [2.05, 4.69) is 0 Å². The van der Waals surface area contributed by atoms with Crippen LogP contribution in [0.2, 0.25) is 0 Å². The van der Waals surface area contributed by atoms with E-state index in [9.17, 15) is 20.0 Å².